The Kier molecular flexibility index (Phi) is 4.97. The van der Waals surface area contributed by atoms with Crippen LogP contribution in [0.4, 0.5) is 0 Å². The number of hydrogen-bond acceptors (Lipinski definition) is 4. The zero-order valence-electron chi connectivity index (χ0n) is 12.1. The highest BCUT2D eigenvalue weighted by molar-refractivity contribution is 7.89. The van der Waals surface area contributed by atoms with Gasteiger partial charge in [-0.2, -0.15) is 0 Å². The van der Waals surface area contributed by atoms with Gasteiger partial charge in [0.05, 0.1) is 11.9 Å². The molecule has 1 heterocycles. The molecule has 21 heavy (non-hydrogen) atoms. The highest BCUT2D eigenvalue weighted by Gasteiger charge is 2.26. The van der Waals surface area contributed by atoms with E-state index < -0.39 is 10.0 Å². The number of sulfonamides is 1. The van der Waals surface area contributed by atoms with E-state index in [0.717, 1.165) is 18.4 Å². The summed E-state index contributed by atoms with van der Waals surface area (Å²) in [6.45, 7) is 0.904. The molecule has 6 nitrogen and oxygen atoms in total. The number of amidine groups is 1. The number of nitrogen functional groups attached to an aromatic ring is 1. The standard InChI is InChI=1S/C14H21N3O3S/c1-17(21(18,19)10-13-6-3-7-20-13)9-11-4-2-5-12(8-11)14(15)16/h2,4-5,8,13H,3,6-7,9-10H2,1H3,(H3,15,16). The lowest BCUT2D eigenvalue weighted by Gasteiger charge is -2.19. The van der Waals surface area contributed by atoms with Crippen molar-refractivity contribution in [3.05, 3.63) is 35.4 Å². The molecule has 0 aliphatic carbocycles. The van der Waals surface area contributed by atoms with Crippen LogP contribution in [0.1, 0.15) is 24.0 Å². The number of nitrogens with zero attached hydrogens (tertiary/aromatic N) is 1. The summed E-state index contributed by atoms with van der Waals surface area (Å²) in [7, 11) is -1.79. The fourth-order valence-corrected chi connectivity index (χ4v) is 3.66. The van der Waals surface area contributed by atoms with Gasteiger partial charge in [0.2, 0.25) is 10.0 Å². The fraction of sp³-hybridized carbons (Fsp3) is 0.500. The molecule has 116 valence electrons. The molecule has 1 saturated heterocycles. The Morgan fingerprint density at radius 1 is 1.52 bits per heavy atom. The highest BCUT2D eigenvalue weighted by atomic mass is 32.2. The zero-order valence-corrected chi connectivity index (χ0v) is 12.9. The SMILES string of the molecule is CN(Cc1cccc(C(=N)N)c1)S(=O)(=O)CC1CCCO1. The van der Waals surface area contributed by atoms with Crippen LogP contribution < -0.4 is 5.73 Å². The van der Waals surface area contributed by atoms with Crippen molar-refractivity contribution in [1.29, 1.82) is 5.41 Å². The summed E-state index contributed by atoms with van der Waals surface area (Å²) in [5.41, 5.74) is 6.84. The first-order chi connectivity index (χ1) is 9.88. The highest BCUT2D eigenvalue weighted by Crippen LogP contribution is 2.17. The lowest BCUT2D eigenvalue weighted by atomic mass is 10.1. The second kappa shape index (κ2) is 6.55. The monoisotopic (exact) mass is 311 g/mol. The third kappa shape index (κ3) is 4.26. The average molecular weight is 311 g/mol. The number of nitrogens with one attached hydrogen (secondary N) is 1. The van der Waals surface area contributed by atoms with Crippen molar-refractivity contribution >= 4 is 15.9 Å². The zero-order chi connectivity index (χ0) is 15.5. The summed E-state index contributed by atoms with van der Waals surface area (Å²) in [6, 6.07) is 7.06. The van der Waals surface area contributed by atoms with Gasteiger partial charge in [-0.05, 0) is 24.5 Å². The van der Waals surface area contributed by atoms with Crippen LogP contribution in [-0.4, -0.2) is 44.1 Å². The van der Waals surface area contributed by atoms with Crippen molar-refractivity contribution in [2.75, 3.05) is 19.4 Å². The molecule has 0 spiro atoms. The number of ether oxygens (including phenoxy) is 1. The molecule has 3 N–H and O–H groups in total. The van der Waals surface area contributed by atoms with Crippen molar-refractivity contribution in [2.24, 2.45) is 5.73 Å². The van der Waals surface area contributed by atoms with Gasteiger partial charge in [-0.15, -0.1) is 0 Å². The topological polar surface area (TPSA) is 96.5 Å². The van der Waals surface area contributed by atoms with E-state index in [1.54, 1.807) is 25.2 Å². The lowest BCUT2D eigenvalue weighted by Crippen LogP contribution is -2.33. The maximum Gasteiger partial charge on any atom is 0.216 e. The maximum atomic E-state index is 12.3. The van der Waals surface area contributed by atoms with Crippen LogP contribution in [0.5, 0.6) is 0 Å². The molecule has 2 rings (SSSR count). The van der Waals surface area contributed by atoms with E-state index in [1.165, 1.54) is 4.31 Å². The predicted octanol–water partition coefficient (Wildman–Crippen LogP) is 0.911. The number of benzene rings is 1. The Labute approximate surface area is 125 Å². The van der Waals surface area contributed by atoms with Crippen LogP contribution in [0, 0.1) is 5.41 Å². The lowest BCUT2D eigenvalue weighted by molar-refractivity contribution is 0.126. The van der Waals surface area contributed by atoms with E-state index in [2.05, 4.69) is 0 Å². The van der Waals surface area contributed by atoms with Gasteiger partial charge in [-0.25, -0.2) is 12.7 Å². The van der Waals surface area contributed by atoms with Gasteiger partial charge in [-0.3, -0.25) is 5.41 Å². The summed E-state index contributed by atoms with van der Waals surface area (Å²) >= 11 is 0. The van der Waals surface area contributed by atoms with Crippen LogP contribution >= 0.6 is 0 Å². The van der Waals surface area contributed by atoms with Crippen LogP contribution in [0.15, 0.2) is 24.3 Å². The number of nitrogens with two attached hydrogens (primary N) is 1. The summed E-state index contributed by atoms with van der Waals surface area (Å²) < 4.78 is 31.3. The first-order valence-corrected chi connectivity index (χ1v) is 8.48. The van der Waals surface area contributed by atoms with Crippen molar-refractivity contribution in [1.82, 2.24) is 4.31 Å². The average Bonchev–Trinajstić information content (AvgIpc) is 2.91. The van der Waals surface area contributed by atoms with Crippen LogP contribution in [0.25, 0.3) is 0 Å². The Morgan fingerprint density at radius 2 is 2.29 bits per heavy atom. The van der Waals surface area contributed by atoms with Gasteiger partial charge < -0.3 is 10.5 Å². The molecule has 1 fully saturated rings. The second-order valence-corrected chi connectivity index (χ2v) is 7.40. The molecule has 1 aromatic rings. The van der Waals surface area contributed by atoms with Gasteiger partial charge in [0.1, 0.15) is 5.84 Å². The predicted molar refractivity (Wildman–Crippen MR) is 81.7 cm³/mol. The van der Waals surface area contributed by atoms with E-state index in [1.807, 2.05) is 6.07 Å². The molecule has 0 amide bonds. The maximum absolute atomic E-state index is 12.3. The molecule has 7 heteroatoms. The summed E-state index contributed by atoms with van der Waals surface area (Å²) in [6.07, 6.45) is 1.53. The molecule has 1 aliphatic heterocycles. The van der Waals surface area contributed by atoms with E-state index in [4.69, 9.17) is 15.9 Å². The molecule has 1 aromatic carbocycles. The molecule has 0 saturated carbocycles. The Bertz CT molecular complexity index is 610. The van der Waals surface area contributed by atoms with E-state index in [0.29, 0.717) is 12.2 Å². The Morgan fingerprint density at radius 3 is 2.90 bits per heavy atom. The minimum absolute atomic E-state index is 0.0237. The quantitative estimate of drug-likeness (QED) is 0.603. The fourth-order valence-electron chi connectivity index (χ4n) is 2.33. The third-order valence-electron chi connectivity index (χ3n) is 3.54. The Hall–Kier alpha value is -1.44. The first-order valence-electron chi connectivity index (χ1n) is 6.87. The van der Waals surface area contributed by atoms with Crippen molar-refractivity contribution in [3.63, 3.8) is 0 Å². The molecule has 1 atom stereocenters. The Balaban J connectivity index is 2.04. The normalized spacial score (nSPS) is 19.0. The van der Waals surface area contributed by atoms with E-state index >= 15 is 0 Å². The van der Waals surface area contributed by atoms with Gasteiger partial charge >= 0.3 is 0 Å². The number of hydrogen-bond donors (Lipinski definition) is 2. The van der Waals surface area contributed by atoms with Crippen LogP contribution in [0.3, 0.4) is 0 Å². The summed E-state index contributed by atoms with van der Waals surface area (Å²) in [5, 5.41) is 7.42. The molecular formula is C14H21N3O3S. The van der Waals surface area contributed by atoms with Crippen LogP contribution in [0.2, 0.25) is 0 Å². The third-order valence-corrected chi connectivity index (χ3v) is 5.41. The van der Waals surface area contributed by atoms with Gasteiger partial charge in [0.15, 0.2) is 0 Å². The smallest absolute Gasteiger partial charge is 0.216 e. The number of rotatable bonds is 6. The molecule has 1 unspecified atom stereocenters. The molecule has 0 bridgehead atoms. The largest absolute Gasteiger partial charge is 0.384 e. The summed E-state index contributed by atoms with van der Waals surface area (Å²) in [5.74, 6) is -0.00248. The van der Waals surface area contributed by atoms with Crippen molar-refractivity contribution in [3.8, 4) is 0 Å². The first kappa shape index (κ1) is 15.9. The van der Waals surface area contributed by atoms with Gasteiger partial charge in [0.25, 0.3) is 0 Å². The summed E-state index contributed by atoms with van der Waals surface area (Å²) in [4.78, 5) is 0. The minimum atomic E-state index is -3.35. The molecule has 0 radical (unpaired) electrons. The van der Waals surface area contributed by atoms with Crippen molar-refractivity contribution in [2.45, 2.75) is 25.5 Å². The molecule has 0 aromatic heterocycles. The molecular weight excluding hydrogens is 290 g/mol. The minimum Gasteiger partial charge on any atom is -0.384 e. The van der Waals surface area contributed by atoms with Gasteiger partial charge in [-0.1, -0.05) is 18.2 Å². The van der Waals surface area contributed by atoms with Gasteiger partial charge in [0, 0.05) is 25.8 Å². The van der Waals surface area contributed by atoms with E-state index in [9.17, 15) is 8.42 Å². The second-order valence-electron chi connectivity index (χ2n) is 5.28. The van der Waals surface area contributed by atoms with E-state index in [-0.39, 0.29) is 24.2 Å². The van der Waals surface area contributed by atoms with Crippen molar-refractivity contribution < 1.29 is 13.2 Å². The molecule has 1 aliphatic rings. The van der Waals surface area contributed by atoms with Crippen LogP contribution in [-0.2, 0) is 21.3 Å².